The number of amides is 1. The van der Waals surface area contributed by atoms with Crippen LogP contribution >= 0.6 is 11.3 Å². The van der Waals surface area contributed by atoms with Crippen molar-refractivity contribution in [2.24, 2.45) is 5.73 Å². The van der Waals surface area contributed by atoms with Crippen molar-refractivity contribution >= 4 is 17.2 Å². The Bertz CT molecular complexity index is 376. The zero-order valence-corrected chi connectivity index (χ0v) is 9.87. The third kappa shape index (κ3) is 3.01. The molecule has 1 aromatic rings. The largest absolute Gasteiger partial charge is 0.330 e. The molecule has 1 aromatic heterocycles. The molecular weight excluding hydrogens is 222 g/mol. The summed E-state index contributed by atoms with van der Waals surface area (Å²) in [6, 6.07) is 0. The number of thiazole rings is 1. The first kappa shape index (κ1) is 12.6. The van der Waals surface area contributed by atoms with Crippen molar-refractivity contribution in [1.29, 1.82) is 0 Å². The van der Waals surface area contributed by atoms with Gasteiger partial charge >= 0.3 is 0 Å². The van der Waals surface area contributed by atoms with Crippen molar-refractivity contribution in [3.8, 4) is 0 Å². The van der Waals surface area contributed by atoms with E-state index in [1.54, 1.807) is 22.4 Å². The van der Waals surface area contributed by atoms with Crippen molar-refractivity contribution < 1.29 is 4.79 Å². The Morgan fingerprint density at radius 3 is 2.56 bits per heavy atom. The van der Waals surface area contributed by atoms with Crippen molar-refractivity contribution in [1.82, 2.24) is 9.88 Å². The second kappa shape index (κ2) is 6.19. The minimum atomic E-state index is -0.115. The van der Waals surface area contributed by atoms with Crippen LogP contribution in [0.5, 0.6) is 0 Å². The molecule has 0 saturated heterocycles. The number of nitrogens with two attached hydrogens (primary N) is 1. The molecule has 0 aromatic carbocycles. The predicted molar refractivity (Wildman–Crippen MR) is 66.3 cm³/mol. The zero-order chi connectivity index (χ0) is 12.0. The lowest BCUT2D eigenvalue weighted by Gasteiger charge is -2.17. The average Bonchev–Trinajstić information content (AvgIpc) is 2.76. The Morgan fingerprint density at radius 2 is 2.12 bits per heavy atom. The Hall–Kier alpha value is -1.46. The Morgan fingerprint density at radius 1 is 1.50 bits per heavy atom. The number of nitrogens with zero attached hydrogens (tertiary/aromatic N) is 2. The van der Waals surface area contributed by atoms with E-state index in [2.05, 4.69) is 18.1 Å². The molecule has 0 aliphatic heterocycles. The number of carbonyl (C=O) groups is 1. The fourth-order valence-corrected chi connectivity index (χ4v) is 1.87. The number of aromatic nitrogens is 1. The van der Waals surface area contributed by atoms with E-state index in [0.29, 0.717) is 25.3 Å². The van der Waals surface area contributed by atoms with Gasteiger partial charge in [0, 0.05) is 25.0 Å². The van der Waals surface area contributed by atoms with Crippen LogP contribution in [0.2, 0.25) is 0 Å². The molecule has 0 unspecified atom stereocenters. The van der Waals surface area contributed by atoms with Gasteiger partial charge in [-0.2, -0.15) is 0 Å². The Labute approximate surface area is 99.1 Å². The van der Waals surface area contributed by atoms with Crippen LogP contribution < -0.4 is 5.73 Å². The molecule has 4 nitrogen and oxygen atoms in total. The SMILES string of the molecule is C=CCN(CC=C)C(=O)c1csc(CN)n1. The first-order valence-corrected chi connectivity index (χ1v) is 5.76. The molecular formula is C11H15N3OS. The van der Waals surface area contributed by atoms with E-state index < -0.39 is 0 Å². The molecule has 1 rings (SSSR count). The van der Waals surface area contributed by atoms with Gasteiger partial charge in [-0.15, -0.1) is 24.5 Å². The first-order chi connectivity index (χ1) is 7.72. The predicted octanol–water partition coefficient (Wildman–Crippen LogP) is 1.42. The lowest BCUT2D eigenvalue weighted by Crippen LogP contribution is -2.31. The molecule has 0 bridgehead atoms. The van der Waals surface area contributed by atoms with Crippen LogP contribution in [0.15, 0.2) is 30.7 Å². The lowest BCUT2D eigenvalue weighted by molar-refractivity contribution is 0.0785. The standard InChI is InChI=1S/C11H15N3OS/c1-3-5-14(6-4-2)11(15)9-8-16-10(7-12)13-9/h3-4,8H,1-2,5-7,12H2. The summed E-state index contributed by atoms with van der Waals surface area (Å²) >= 11 is 1.40. The van der Waals surface area contributed by atoms with Crippen LogP contribution in [-0.4, -0.2) is 28.9 Å². The highest BCUT2D eigenvalue weighted by Crippen LogP contribution is 2.11. The second-order valence-electron chi connectivity index (χ2n) is 3.12. The highest BCUT2D eigenvalue weighted by molar-refractivity contribution is 7.09. The summed E-state index contributed by atoms with van der Waals surface area (Å²) in [5.41, 5.74) is 5.89. The third-order valence-corrected chi connectivity index (χ3v) is 2.80. The molecule has 1 amide bonds. The van der Waals surface area contributed by atoms with Gasteiger partial charge in [0.25, 0.3) is 5.91 Å². The minimum absolute atomic E-state index is 0.115. The maximum atomic E-state index is 12.0. The van der Waals surface area contributed by atoms with Crippen LogP contribution in [0.25, 0.3) is 0 Å². The van der Waals surface area contributed by atoms with Crippen molar-refractivity contribution in [3.05, 3.63) is 41.4 Å². The summed E-state index contributed by atoms with van der Waals surface area (Å²) in [7, 11) is 0. The van der Waals surface area contributed by atoms with Crippen molar-refractivity contribution in [2.75, 3.05) is 13.1 Å². The van der Waals surface area contributed by atoms with Gasteiger partial charge in [0.15, 0.2) is 0 Å². The van der Waals surface area contributed by atoms with Crippen LogP contribution in [0.3, 0.4) is 0 Å². The average molecular weight is 237 g/mol. The lowest BCUT2D eigenvalue weighted by atomic mass is 10.3. The summed E-state index contributed by atoms with van der Waals surface area (Å²) in [5, 5.41) is 2.49. The maximum Gasteiger partial charge on any atom is 0.273 e. The van der Waals surface area contributed by atoms with Crippen LogP contribution in [-0.2, 0) is 6.54 Å². The highest BCUT2D eigenvalue weighted by Gasteiger charge is 2.16. The fourth-order valence-electron chi connectivity index (χ4n) is 1.22. The van der Waals surface area contributed by atoms with Crippen molar-refractivity contribution in [2.45, 2.75) is 6.54 Å². The first-order valence-electron chi connectivity index (χ1n) is 4.88. The van der Waals surface area contributed by atoms with Gasteiger partial charge in [-0.1, -0.05) is 12.2 Å². The summed E-state index contributed by atoms with van der Waals surface area (Å²) in [4.78, 5) is 17.8. The Kier molecular flexibility index (Phi) is 4.88. The molecule has 86 valence electrons. The zero-order valence-electron chi connectivity index (χ0n) is 9.06. The normalized spacial score (nSPS) is 9.81. The van der Waals surface area contributed by atoms with E-state index in [1.807, 2.05) is 0 Å². The molecule has 1 heterocycles. The molecule has 0 atom stereocenters. The number of carbonyl (C=O) groups excluding carboxylic acids is 1. The van der Waals surface area contributed by atoms with Gasteiger partial charge in [-0.3, -0.25) is 4.79 Å². The second-order valence-corrected chi connectivity index (χ2v) is 4.06. The highest BCUT2D eigenvalue weighted by atomic mass is 32.1. The summed E-state index contributed by atoms with van der Waals surface area (Å²) in [5.74, 6) is -0.115. The van der Waals surface area contributed by atoms with Gasteiger partial charge in [0.2, 0.25) is 0 Å². The van der Waals surface area contributed by atoms with E-state index in [-0.39, 0.29) is 5.91 Å². The van der Waals surface area contributed by atoms with Crippen LogP contribution in [0.4, 0.5) is 0 Å². The number of hydrogen-bond donors (Lipinski definition) is 1. The maximum absolute atomic E-state index is 12.0. The Balaban J connectivity index is 2.80. The smallest absolute Gasteiger partial charge is 0.273 e. The topological polar surface area (TPSA) is 59.2 Å². The monoisotopic (exact) mass is 237 g/mol. The van der Waals surface area contributed by atoms with E-state index in [1.165, 1.54) is 11.3 Å². The molecule has 16 heavy (non-hydrogen) atoms. The van der Waals surface area contributed by atoms with Gasteiger partial charge in [0.1, 0.15) is 10.7 Å². The molecule has 0 aliphatic carbocycles. The summed E-state index contributed by atoms with van der Waals surface area (Å²) in [6.45, 7) is 8.56. The van der Waals surface area contributed by atoms with E-state index in [4.69, 9.17) is 5.73 Å². The van der Waals surface area contributed by atoms with Crippen molar-refractivity contribution in [3.63, 3.8) is 0 Å². The quantitative estimate of drug-likeness (QED) is 0.761. The van der Waals surface area contributed by atoms with Gasteiger partial charge in [-0.05, 0) is 0 Å². The fraction of sp³-hybridized carbons (Fsp3) is 0.273. The number of rotatable bonds is 6. The van der Waals surface area contributed by atoms with E-state index >= 15 is 0 Å². The van der Waals surface area contributed by atoms with Gasteiger partial charge in [-0.25, -0.2) is 4.98 Å². The molecule has 0 radical (unpaired) electrons. The van der Waals surface area contributed by atoms with Gasteiger partial charge in [0.05, 0.1) is 0 Å². The number of hydrogen-bond acceptors (Lipinski definition) is 4. The molecule has 0 saturated carbocycles. The molecule has 2 N–H and O–H groups in total. The van der Waals surface area contributed by atoms with E-state index in [9.17, 15) is 4.79 Å². The summed E-state index contributed by atoms with van der Waals surface area (Å²) < 4.78 is 0. The molecule has 5 heteroatoms. The van der Waals surface area contributed by atoms with Crippen LogP contribution in [0.1, 0.15) is 15.5 Å². The van der Waals surface area contributed by atoms with Crippen LogP contribution in [0, 0.1) is 0 Å². The molecule has 0 fully saturated rings. The van der Waals surface area contributed by atoms with E-state index in [0.717, 1.165) is 5.01 Å². The minimum Gasteiger partial charge on any atom is -0.330 e. The third-order valence-electron chi connectivity index (χ3n) is 1.93. The summed E-state index contributed by atoms with van der Waals surface area (Å²) in [6.07, 6.45) is 3.36. The van der Waals surface area contributed by atoms with Gasteiger partial charge < -0.3 is 10.6 Å². The molecule has 0 spiro atoms. The molecule has 0 aliphatic rings.